The van der Waals surface area contributed by atoms with Crippen LogP contribution in [-0.2, 0) is 5.75 Å². The minimum absolute atomic E-state index is 0.0686. The van der Waals surface area contributed by atoms with Crippen LogP contribution in [0.3, 0.4) is 0 Å². The Morgan fingerprint density at radius 3 is 3.00 bits per heavy atom. The number of nitrogens with one attached hydrogen (secondary N) is 1. The molecule has 5 nitrogen and oxygen atoms in total. The number of rotatable bonds is 7. The zero-order valence-electron chi connectivity index (χ0n) is 14.7. The first-order valence-corrected chi connectivity index (χ1v) is 10.3. The van der Waals surface area contributed by atoms with Gasteiger partial charge in [0, 0.05) is 34.4 Å². The molecule has 3 heterocycles. The number of aryl methyl sites for hydroxylation is 1. The van der Waals surface area contributed by atoms with Gasteiger partial charge in [0.15, 0.2) is 5.65 Å². The Hall–Kier alpha value is -1.86. The molecule has 0 radical (unpaired) electrons. The van der Waals surface area contributed by atoms with E-state index < -0.39 is 0 Å². The first-order valence-electron chi connectivity index (χ1n) is 8.29. The number of thiophene rings is 1. The molecule has 3 rings (SSSR count). The largest absolute Gasteiger partial charge is 0.351 e. The number of nitrogens with zero attached hydrogens (tertiary/aromatic N) is 3. The van der Waals surface area contributed by atoms with E-state index in [9.17, 15) is 4.79 Å². The van der Waals surface area contributed by atoms with Gasteiger partial charge in [0.25, 0.3) is 5.91 Å². The summed E-state index contributed by atoms with van der Waals surface area (Å²) in [4.78, 5) is 18.4. The van der Waals surface area contributed by atoms with E-state index in [1.807, 2.05) is 29.4 Å². The van der Waals surface area contributed by atoms with Crippen molar-refractivity contribution < 1.29 is 4.79 Å². The van der Waals surface area contributed by atoms with Gasteiger partial charge in [-0.1, -0.05) is 6.07 Å². The smallest absolute Gasteiger partial charge is 0.253 e. The van der Waals surface area contributed by atoms with E-state index in [1.165, 1.54) is 4.88 Å². The normalized spacial score (nSPS) is 11.4. The first kappa shape index (κ1) is 17.9. The molecule has 0 saturated heterocycles. The Labute approximate surface area is 155 Å². The summed E-state index contributed by atoms with van der Waals surface area (Å²) in [6, 6.07) is 6.33. The molecular weight excluding hydrogens is 352 g/mol. The van der Waals surface area contributed by atoms with Gasteiger partial charge in [-0.3, -0.25) is 4.79 Å². The predicted molar refractivity (Wildman–Crippen MR) is 105 cm³/mol. The van der Waals surface area contributed by atoms with Crippen molar-refractivity contribution in [3.63, 3.8) is 0 Å². The van der Waals surface area contributed by atoms with Crippen molar-refractivity contribution in [2.24, 2.45) is 0 Å². The molecule has 0 fully saturated rings. The summed E-state index contributed by atoms with van der Waals surface area (Å²) < 4.78 is 1.88. The van der Waals surface area contributed by atoms with Crippen molar-refractivity contribution in [2.45, 2.75) is 32.6 Å². The molecule has 3 aromatic rings. The SMILES string of the molecule is Cc1nc2c(cnn2C(C)C)cc1C(=O)NCCSCc1cccs1. The van der Waals surface area contributed by atoms with Crippen molar-refractivity contribution >= 4 is 40.0 Å². The average Bonchev–Trinajstić information content (AvgIpc) is 3.22. The molecule has 25 heavy (non-hydrogen) atoms. The molecule has 7 heteroatoms. The van der Waals surface area contributed by atoms with E-state index in [1.54, 1.807) is 17.5 Å². The van der Waals surface area contributed by atoms with Gasteiger partial charge in [0.2, 0.25) is 0 Å². The highest BCUT2D eigenvalue weighted by Gasteiger charge is 2.14. The van der Waals surface area contributed by atoms with Crippen LogP contribution in [0.15, 0.2) is 29.8 Å². The van der Waals surface area contributed by atoms with Gasteiger partial charge in [0.1, 0.15) is 0 Å². The molecule has 0 bridgehead atoms. The van der Waals surface area contributed by atoms with Crippen LogP contribution in [0.25, 0.3) is 11.0 Å². The molecule has 0 spiro atoms. The number of hydrogen-bond donors (Lipinski definition) is 1. The van der Waals surface area contributed by atoms with Gasteiger partial charge in [-0.25, -0.2) is 9.67 Å². The lowest BCUT2D eigenvalue weighted by Gasteiger charge is -2.10. The molecular formula is C18H22N4OS2. The molecule has 0 aliphatic carbocycles. The quantitative estimate of drug-likeness (QED) is 0.634. The number of amides is 1. The summed E-state index contributed by atoms with van der Waals surface area (Å²) in [5.41, 5.74) is 2.19. The maximum Gasteiger partial charge on any atom is 0.253 e. The Kier molecular flexibility index (Phi) is 5.75. The average molecular weight is 375 g/mol. The summed E-state index contributed by atoms with van der Waals surface area (Å²) in [5.74, 6) is 1.82. The number of pyridine rings is 1. The van der Waals surface area contributed by atoms with Crippen LogP contribution in [-0.4, -0.2) is 33.0 Å². The lowest BCUT2D eigenvalue weighted by Crippen LogP contribution is -2.26. The van der Waals surface area contributed by atoms with Gasteiger partial charge in [0.05, 0.1) is 17.5 Å². The van der Waals surface area contributed by atoms with Crippen LogP contribution in [0.1, 0.15) is 40.8 Å². The number of aromatic nitrogens is 3. The van der Waals surface area contributed by atoms with Crippen LogP contribution in [0.5, 0.6) is 0 Å². The molecule has 3 aromatic heterocycles. The van der Waals surface area contributed by atoms with Crippen LogP contribution in [0.2, 0.25) is 0 Å². The third kappa shape index (κ3) is 4.22. The number of carbonyl (C=O) groups excluding carboxylic acids is 1. The fraction of sp³-hybridized carbons (Fsp3) is 0.389. The van der Waals surface area contributed by atoms with E-state index in [-0.39, 0.29) is 11.9 Å². The Bertz CT molecular complexity index is 855. The summed E-state index contributed by atoms with van der Waals surface area (Å²) in [6.45, 7) is 6.66. The van der Waals surface area contributed by atoms with E-state index in [0.717, 1.165) is 28.2 Å². The topological polar surface area (TPSA) is 59.8 Å². The van der Waals surface area contributed by atoms with Crippen molar-refractivity contribution in [3.8, 4) is 0 Å². The van der Waals surface area contributed by atoms with Crippen LogP contribution >= 0.6 is 23.1 Å². The minimum Gasteiger partial charge on any atom is -0.351 e. The van der Waals surface area contributed by atoms with Crippen LogP contribution in [0.4, 0.5) is 0 Å². The lowest BCUT2D eigenvalue weighted by molar-refractivity contribution is 0.0955. The zero-order chi connectivity index (χ0) is 17.8. The highest BCUT2D eigenvalue weighted by molar-refractivity contribution is 7.98. The van der Waals surface area contributed by atoms with Crippen molar-refractivity contribution in [2.75, 3.05) is 12.3 Å². The Balaban J connectivity index is 1.59. The molecule has 0 aliphatic rings. The van der Waals surface area contributed by atoms with E-state index in [0.29, 0.717) is 12.1 Å². The zero-order valence-corrected chi connectivity index (χ0v) is 16.3. The molecule has 0 aliphatic heterocycles. The molecule has 0 saturated carbocycles. The maximum atomic E-state index is 12.5. The molecule has 0 unspecified atom stereocenters. The van der Waals surface area contributed by atoms with E-state index in [4.69, 9.17) is 0 Å². The predicted octanol–water partition coefficient (Wildman–Crippen LogP) is 4.05. The van der Waals surface area contributed by atoms with Gasteiger partial charge in [-0.15, -0.1) is 11.3 Å². The second-order valence-electron chi connectivity index (χ2n) is 6.10. The summed E-state index contributed by atoms with van der Waals surface area (Å²) in [6.07, 6.45) is 1.77. The van der Waals surface area contributed by atoms with Crippen molar-refractivity contribution in [1.82, 2.24) is 20.1 Å². The summed E-state index contributed by atoms with van der Waals surface area (Å²) in [7, 11) is 0. The van der Waals surface area contributed by atoms with Gasteiger partial charge in [-0.05, 0) is 38.3 Å². The monoisotopic (exact) mass is 374 g/mol. The van der Waals surface area contributed by atoms with Crippen molar-refractivity contribution in [1.29, 1.82) is 0 Å². The standard InChI is InChI=1S/C18H22N4OS2/c1-12(2)22-17-14(10-20-22)9-16(13(3)21-17)18(23)19-6-8-24-11-15-5-4-7-25-15/h4-5,7,9-10,12H,6,8,11H2,1-3H3,(H,19,23). The Morgan fingerprint density at radius 2 is 2.28 bits per heavy atom. The van der Waals surface area contributed by atoms with Gasteiger partial charge < -0.3 is 5.32 Å². The highest BCUT2D eigenvalue weighted by atomic mass is 32.2. The second kappa shape index (κ2) is 8.01. The van der Waals surface area contributed by atoms with Gasteiger partial charge >= 0.3 is 0 Å². The van der Waals surface area contributed by atoms with Crippen molar-refractivity contribution in [3.05, 3.63) is 45.9 Å². The third-order valence-corrected chi connectivity index (χ3v) is 5.92. The number of thioether (sulfide) groups is 1. The number of carbonyl (C=O) groups is 1. The highest BCUT2D eigenvalue weighted by Crippen LogP contribution is 2.19. The molecule has 0 aromatic carbocycles. The molecule has 1 N–H and O–H groups in total. The van der Waals surface area contributed by atoms with Crippen LogP contribution < -0.4 is 5.32 Å². The Morgan fingerprint density at radius 1 is 1.44 bits per heavy atom. The molecule has 0 atom stereocenters. The summed E-state index contributed by atoms with van der Waals surface area (Å²) >= 11 is 3.59. The fourth-order valence-corrected chi connectivity index (χ4v) is 4.27. The first-order chi connectivity index (χ1) is 12.1. The van der Waals surface area contributed by atoms with E-state index >= 15 is 0 Å². The minimum atomic E-state index is -0.0686. The van der Waals surface area contributed by atoms with E-state index in [2.05, 4.69) is 46.8 Å². The third-order valence-electron chi connectivity index (χ3n) is 3.85. The number of fused-ring (bicyclic) bond motifs is 1. The lowest BCUT2D eigenvalue weighted by atomic mass is 10.1. The second-order valence-corrected chi connectivity index (χ2v) is 8.24. The maximum absolute atomic E-state index is 12.5. The van der Waals surface area contributed by atoms with Gasteiger partial charge in [-0.2, -0.15) is 16.9 Å². The summed E-state index contributed by atoms with van der Waals surface area (Å²) in [5, 5.41) is 10.3. The number of hydrogen-bond acceptors (Lipinski definition) is 5. The molecule has 132 valence electrons. The van der Waals surface area contributed by atoms with Crippen LogP contribution in [0, 0.1) is 6.92 Å². The molecule has 1 amide bonds. The fourth-order valence-electron chi connectivity index (χ4n) is 2.57.